The Morgan fingerprint density at radius 1 is 1.45 bits per heavy atom. The summed E-state index contributed by atoms with van der Waals surface area (Å²) in [5.74, 6) is -0.726. The SMILES string of the molecule is CCOC(=O)c1c(NC(=O)c2cccn2C)c[nH]c1C. The van der Waals surface area contributed by atoms with Crippen molar-refractivity contribution in [3.63, 3.8) is 0 Å². The topological polar surface area (TPSA) is 76.1 Å². The van der Waals surface area contributed by atoms with E-state index in [-0.39, 0.29) is 12.5 Å². The second-order valence-electron chi connectivity index (χ2n) is 4.38. The maximum atomic E-state index is 12.1. The Hall–Kier alpha value is -2.50. The number of nitrogens with zero attached hydrogens (tertiary/aromatic N) is 1. The normalized spacial score (nSPS) is 10.3. The van der Waals surface area contributed by atoms with E-state index in [1.165, 1.54) is 0 Å². The number of anilines is 1. The third-order valence-corrected chi connectivity index (χ3v) is 2.98. The van der Waals surface area contributed by atoms with Gasteiger partial charge in [-0.3, -0.25) is 4.79 Å². The quantitative estimate of drug-likeness (QED) is 0.839. The first-order valence-corrected chi connectivity index (χ1v) is 6.32. The van der Waals surface area contributed by atoms with E-state index in [9.17, 15) is 9.59 Å². The number of aromatic nitrogens is 2. The summed E-state index contributed by atoms with van der Waals surface area (Å²) in [6.45, 7) is 3.78. The van der Waals surface area contributed by atoms with E-state index in [0.29, 0.717) is 22.6 Å². The summed E-state index contributed by atoms with van der Waals surface area (Å²) >= 11 is 0. The maximum absolute atomic E-state index is 12.1. The van der Waals surface area contributed by atoms with Gasteiger partial charge >= 0.3 is 5.97 Å². The molecule has 0 aromatic carbocycles. The average Bonchev–Trinajstić information content (AvgIpc) is 2.96. The highest BCUT2D eigenvalue weighted by Gasteiger charge is 2.20. The molecular weight excluding hydrogens is 258 g/mol. The Balaban J connectivity index is 2.24. The van der Waals surface area contributed by atoms with Crippen LogP contribution in [0.15, 0.2) is 24.5 Å². The Labute approximate surface area is 116 Å². The van der Waals surface area contributed by atoms with Gasteiger partial charge in [-0.05, 0) is 26.0 Å². The second-order valence-corrected chi connectivity index (χ2v) is 4.38. The number of rotatable bonds is 4. The number of carbonyl (C=O) groups is 2. The molecule has 0 spiro atoms. The Bertz CT molecular complexity index is 640. The second kappa shape index (κ2) is 5.64. The summed E-state index contributed by atoms with van der Waals surface area (Å²) in [7, 11) is 1.78. The zero-order chi connectivity index (χ0) is 14.7. The number of esters is 1. The van der Waals surface area contributed by atoms with Crippen LogP contribution in [0.4, 0.5) is 5.69 Å². The highest BCUT2D eigenvalue weighted by Crippen LogP contribution is 2.21. The van der Waals surface area contributed by atoms with E-state index in [1.807, 2.05) is 0 Å². The largest absolute Gasteiger partial charge is 0.462 e. The van der Waals surface area contributed by atoms with E-state index < -0.39 is 5.97 Å². The first kappa shape index (κ1) is 13.9. The predicted molar refractivity (Wildman–Crippen MR) is 74.9 cm³/mol. The van der Waals surface area contributed by atoms with Crippen molar-refractivity contribution in [1.82, 2.24) is 9.55 Å². The van der Waals surface area contributed by atoms with Crippen LogP contribution in [-0.4, -0.2) is 28.0 Å². The molecule has 0 atom stereocenters. The number of hydrogen-bond donors (Lipinski definition) is 2. The molecule has 0 bridgehead atoms. The van der Waals surface area contributed by atoms with Crippen LogP contribution in [-0.2, 0) is 11.8 Å². The lowest BCUT2D eigenvalue weighted by Crippen LogP contribution is -2.17. The van der Waals surface area contributed by atoms with Gasteiger partial charge in [-0.1, -0.05) is 0 Å². The van der Waals surface area contributed by atoms with Crippen LogP contribution in [0.2, 0.25) is 0 Å². The average molecular weight is 275 g/mol. The molecule has 6 nitrogen and oxygen atoms in total. The Morgan fingerprint density at radius 2 is 2.20 bits per heavy atom. The van der Waals surface area contributed by atoms with Crippen molar-refractivity contribution in [1.29, 1.82) is 0 Å². The molecule has 2 rings (SSSR count). The van der Waals surface area contributed by atoms with Crippen molar-refractivity contribution in [2.24, 2.45) is 7.05 Å². The zero-order valence-corrected chi connectivity index (χ0v) is 11.7. The third-order valence-electron chi connectivity index (χ3n) is 2.98. The van der Waals surface area contributed by atoms with Crippen LogP contribution in [0.5, 0.6) is 0 Å². The lowest BCUT2D eigenvalue weighted by Gasteiger charge is -2.07. The number of ether oxygens (including phenoxy) is 1. The van der Waals surface area contributed by atoms with Gasteiger partial charge in [0, 0.05) is 25.1 Å². The van der Waals surface area contributed by atoms with Crippen LogP contribution >= 0.6 is 0 Å². The molecule has 1 amide bonds. The Kier molecular flexibility index (Phi) is 3.93. The molecule has 6 heteroatoms. The van der Waals surface area contributed by atoms with Gasteiger partial charge in [-0.25, -0.2) is 4.79 Å². The monoisotopic (exact) mass is 275 g/mol. The standard InChI is InChI=1S/C14H17N3O3/c1-4-20-14(19)12-9(2)15-8-10(12)16-13(18)11-6-5-7-17(11)3/h5-8,15H,4H2,1-3H3,(H,16,18). The maximum Gasteiger partial charge on any atom is 0.342 e. The fourth-order valence-corrected chi connectivity index (χ4v) is 1.98. The van der Waals surface area contributed by atoms with E-state index >= 15 is 0 Å². The van der Waals surface area contributed by atoms with E-state index in [2.05, 4.69) is 10.3 Å². The van der Waals surface area contributed by atoms with Crippen molar-refractivity contribution in [3.8, 4) is 0 Å². The minimum absolute atomic E-state index is 0.276. The fourth-order valence-electron chi connectivity index (χ4n) is 1.98. The molecule has 0 aliphatic heterocycles. The lowest BCUT2D eigenvalue weighted by molar-refractivity contribution is 0.0527. The summed E-state index contributed by atoms with van der Waals surface area (Å²) in [5.41, 5.74) is 1.95. The number of aromatic amines is 1. The fraction of sp³-hybridized carbons (Fsp3) is 0.286. The van der Waals surface area contributed by atoms with E-state index in [0.717, 1.165) is 0 Å². The van der Waals surface area contributed by atoms with Crippen molar-refractivity contribution in [2.45, 2.75) is 13.8 Å². The molecular formula is C14H17N3O3. The molecule has 2 aromatic rings. The third kappa shape index (κ3) is 2.59. The molecule has 0 radical (unpaired) electrons. The summed E-state index contributed by atoms with van der Waals surface area (Å²) in [4.78, 5) is 26.9. The molecule has 2 heterocycles. The van der Waals surface area contributed by atoms with E-state index in [4.69, 9.17) is 4.74 Å². The minimum Gasteiger partial charge on any atom is -0.462 e. The van der Waals surface area contributed by atoms with Gasteiger partial charge in [0.2, 0.25) is 0 Å². The first-order valence-electron chi connectivity index (χ1n) is 6.32. The number of H-pyrrole nitrogens is 1. The summed E-state index contributed by atoms with van der Waals surface area (Å²) in [6, 6.07) is 3.49. The lowest BCUT2D eigenvalue weighted by atomic mass is 10.2. The number of hydrogen-bond acceptors (Lipinski definition) is 3. The highest BCUT2D eigenvalue weighted by atomic mass is 16.5. The van der Waals surface area contributed by atoms with Gasteiger partial charge < -0.3 is 19.6 Å². The molecule has 0 aliphatic carbocycles. The zero-order valence-electron chi connectivity index (χ0n) is 11.7. The number of aryl methyl sites for hydroxylation is 2. The molecule has 2 aromatic heterocycles. The van der Waals surface area contributed by atoms with Gasteiger partial charge in [-0.15, -0.1) is 0 Å². The van der Waals surface area contributed by atoms with Crippen LogP contribution < -0.4 is 5.32 Å². The minimum atomic E-state index is -0.451. The smallest absolute Gasteiger partial charge is 0.342 e. The summed E-state index contributed by atoms with van der Waals surface area (Å²) in [6.07, 6.45) is 3.37. The van der Waals surface area contributed by atoms with E-state index in [1.54, 1.807) is 50.0 Å². The molecule has 0 aliphatic rings. The van der Waals surface area contributed by atoms with Crippen LogP contribution in [0.1, 0.15) is 33.5 Å². The molecule has 106 valence electrons. The highest BCUT2D eigenvalue weighted by molar-refractivity contribution is 6.07. The van der Waals surface area contributed by atoms with Crippen molar-refractivity contribution in [2.75, 3.05) is 11.9 Å². The molecule has 0 saturated carbocycles. The van der Waals surface area contributed by atoms with Gasteiger partial charge in [0.1, 0.15) is 11.3 Å². The van der Waals surface area contributed by atoms with Gasteiger partial charge in [0.25, 0.3) is 5.91 Å². The number of amides is 1. The van der Waals surface area contributed by atoms with Crippen molar-refractivity contribution in [3.05, 3.63) is 41.5 Å². The predicted octanol–water partition coefficient (Wildman–Crippen LogP) is 2.09. The van der Waals surface area contributed by atoms with Gasteiger partial charge in [0.15, 0.2) is 0 Å². The summed E-state index contributed by atoms with van der Waals surface area (Å²) in [5, 5.41) is 2.72. The van der Waals surface area contributed by atoms with Gasteiger partial charge in [0.05, 0.1) is 12.3 Å². The van der Waals surface area contributed by atoms with Crippen LogP contribution in [0, 0.1) is 6.92 Å². The first-order chi connectivity index (χ1) is 9.54. The molecule has 0 unspecified atom stereocenters. The summed E-state index contributed by atoms with van der Waals surface area (Å²) < 4.78 is 6.70. The van der Waals surface area contributed by atoms with Crippen LogP contribution in [0.25, 0.3) is 0 Å². The molecule has 0 saturated heterocycles. The van der Waals surface area contributed by atoms with Crippen molar-refractivity contribution >= 4 is 17.6 Å². The molecule has 2 N–H and O–H groups in total. The van der Waals surface area contributed by atoms with Crippen molar-refractivity contribution < 1.29 is 14.3 Å². The number of carbonyl (C=O) groups excluding carboxylic acids is 2. The van der Waals surface area contributed by atoms with Gasteiger partial charge in [-0.2, -0.15) is 0 Å². The molecule has 20 heavy (non-hydrogen) atoms. The molecule has 0 fully saturated rings. The Morgan fingerprint density at radius 3 is 2.80 bits per heavy atom. The van der Waals surface area contributed by atoms with Crippen LogP contribution in [0.3, 0.4) is 0 Å². The number of nitrogens with one attached hydrogen (secondary N) is 2.